The number of ketones is 2. The Morgan fingerprint density at radius 3 is 2.53 bits per heavy atom. The molecule has 1 heterocycles. The van der Waals surface area contributed by atoms with Crippen molar-refractivity contribution >= 4 is 11.6 Å². The second-order valence-electron chi connectivity index (χ2n) is 4.61. The lowest BCUT2D eigenvalue weighted by Gasteiger charge is -2.10. The molecule has 5 nitrogen and oxygen atoms in total. The molecule has 1 N–H and O–H groups in total. The maximum atomic E-state index is 11.7. The van der Waals surface area contributed by atoms with E-state index in [4.69, 9.17) is 4.42 Å². The molecule has 0 bridgehead atoms. The zero-order valence-corrected chi connectivity index (χ0v) is 11.4. The SMILES string of the molecule is CCC(=O)c1c(O)cc(C(C)CCC(C)=O)oc1=O. The molecule has 0 aromatic carbocycles. The highest BCUT2D eigenvalue weighted by molar-refractivity contribution is 5.97. The van der Waals surface area contributed by atoms with E-state index in [1.807, 2.05) is 0 Å². The molecule has 0 fully saturated rings. The minimum absolute atomic E-state index is 0.0520. The summed E-state index contributed by atoms with van der Waals surface area (Å²) in [5.74, 6) is -0.636. The van der Waals surface area contributed by atoms with Crippen molar-refractivity contribution in [1.82, 2.24) is 0 Å². The second-order valence-corrected chi connectivity index (χ2v) is 4.61. The summed E-state index contributed by atoms with van der Waals surface area (Å²) in [6.45, 7) is 4.88. The van der Waals surface area contributed by atoms with Crippen molar-refractivity contribution in [2.75, 3.05) is 0 Å². The molecule has 0 aliphatic carbocycles. The van der Waals surface area contributed by atoms with Gasteiger partial charge < -0.3 is 14.3 Å². The standard InChI is InChI=1S/C14H18O5/c1-4-10(16)13-11(17)7-12(19-14(13)18)8(2)5-6-9(3)15/h7-8,17H,4-6H2,1-3H3. The maximum absolute atomic E-state index is 11.7. The van der Waals surface area contributed by atoms with Crippen LogP contribution in [0.5, 0.6) is 5.75 Å². The molecule has 0 amide bonds. The summed E-state index contributed by atoms with van der Waals surface area (Å²) in [5, 5.41) is 9.75. The van der Waals surface area contributed by atoms with Gasteiger partial charge in [-0.3, -0.25) is 4.79 Å². The van der Waals surface area contributed by atoms with Crippen LogP contribution in [0.15, 0.2) is 15.3 Å². The number of carbonyl (C=O) groups excluding carboxylic acids is 2. The van der Waals surface area contributed by atoms with Crippen LogP contribution in [-0.4, -0.2) is 16.7 Å². The van der Waals surface area contributed by atoms with Crippen LogP contribution in [0, 0.1) is 0 Å². The highest BCUT2D eigenvalue weighted by Gasteiger charge is 2.19. The molecule has 0 saturated carbocycles. The van der Waals surface area contributed by atoms with Crippen molar-refractivity contribution in [1.29, 1.82) is 0 Å². The van der Waals surface area contributed by atoms with Crippen LogP contribution in [0.25, 0.3) is 0 Å². The van der Waals surface area contributed by atoms with Crippen molar-refractivity contribution < 1.29 is 19.1 Å². The van der Waals surface area contributed by atoms with Crippen molar-refractivity contribution in [3.05, 3.63) is 27.8 Å². The molecule has 1 rings (SSSR count). The first-order chi connectivity index (χ1) is 8.86. The van der Waals surface area contributed by atoms with Gasteiger partial charge in [0.25, 0.3) is 0 Å². The molecule has 0 aliphatic heterocycles. The van der Waals surface area contributed by atoms with Gasteiger partial charge in [-0.05, 0) is 13.3 Å². The third kappa shape index (κ3) is 3.77. The lowest BCUT2D eigenvalue weighted by atomic mass is 10.00. The molecule has 1 unspecified atom stereocenters. The predicted octanol–water partition coefficient (Wildman–Crippen LogP) is 2.41. The van der Waals surface area contributed by atoms with Crippen molar-refractivity contribution in [3.8, 4) is 5.75 Å². The number of rotatable bonds is 6. The highest BCUT2D eigenvalue weighted by atomic mass is 16.4. The quantitative estimate of drug-likeness (QED) is 0.799. The monoisotopic (exact) mass is 266 g/mol. The average Bonchev–Trinajstić information content (AvgIpc) is 2.34. The van der Waals surface area contributed by atoms with Crippen LogP contribution in [-0.2, 0) is 4.79 Å². The molecule has 0 aliphatic rings. The fraction of sp³-hybridized carbons (Fsp3) is 0.500. The van der Waals surface area contributed by atoms with Crippen LogP contribution < -0.4 is 5.63 Å². The van der Waals surface area contributed by atoms with Crippen molar-refractivity contribution in [2.24, 2.45) is 0 Å². The van der Waals surface area contributed by atoms with E-state index in [1.54, 1.807) is 13.8 Å². The first-order valence-electron chi connectivity index (χ1n) is 6.26. The van der Waals surface area contributed by atoms with Gasteiger partial charge in [-0.15, -0.1) is 0 Å². The number of hydrogen-bond acceptors (Lipinski definition) is 5. The van der Waals surface area contributed by atoms with Gasteiger partial charge in [0.2, 0.25) is 0 Å². The van der Waals surface area contributed by atoms with Crippen LogP contribution in [0.4, 0.5) is 0 Å². The lowest BCUT2D eigenvalue weighted by Crippen LogP contribution is -2.15. The van der Waals surface area contributed by atoms with E-state index >= 15 is 0 Å². The molecule has 0 saturated heterocycles. The molecular formula is C14H18O5. The summed E-state index contributed by atoms with van der Waals surface area (Å²) in [6.07, 6.45) is 1.03. The van der Waals surface area contributed by atoms with Crippen LogP contribution in [0.3, 0.4) is 0 Å². The Morgan fingerprint density at radius 1 is 1.42 bits per heavy atom. The first kappa shape index (κ1) is 15.1. The lowest BCUT2D eigenvalue weighted by molar-refractivity contribution is -0.117. The molecule has 1 atom stereocenters. The van der Waals surface area contributed by atoms with Gasteiger partial charge >= 0.3 is 5.63 Å². The number of hydrogen-bond donors (Lipinski definition) is 1. The van der Waals surface area contributed by atoms with Gasteiger partial charge in [-0.25, -0.2) is 4.79 Å². The Hall–Kier alpha value is -1.91. The van der Waals surface area contributed by atoms with E-state index in [-0.39, 0.29) is 35.2 Å². The minimum atomic E-state index is -0.823. The normalized spacial score (nSPS) is 12.2. The molecule has 19 heavy (non-hydrogen) atoms. The summed E-state index contributed by atoms with van der Waals surface area (Å²) in [6, 6.07) is 1.29. The Labute approximate surface area is 111 Å². The van der Waals surface area contributed by atoms with E-state index < -0.39 is 11.4 Å². The van der Waals surface area contributed by atoms with Gasteiger partial charge in [0.05, 0.1) is 0 Å². The number of aromatic hydroxyl groups is 1. The van der Waals surface area contributed by atoms with Crippen LogP contribution >= 0.6 is 0 Å². The largest absolute Gasteiger partial charge is 0.507 e. The Kier molecular flexibility index (Phi) is 5.03. The predicted molar refractivity (Wildman–Crippen MR) is 69.6 cm³/mol. The fourth-order valence-corrected chi connectivity index (χ4v) is 1.74. The van der Waals surface area contributed by atoms with Crippen molar-refractivity contribution in [3.63, 3.8) is 0 Å². The van der Waals surface area contributed by atoms with Crippen LogP contribution in [0.1, 0.15) is 62.1 Å². The summed E-state index contributed by atoms with van der Waals surface area (Å²) in [5.41, 5.74) is -1.12. The zero-order valence-electron chi connectivity index (χ0n) is 11.4. The summed E-state index contributed by atoms with van der Waals surface area (Å²) < 4.78 is 5.06. The van der Waals surface area contributed by atoms with Crippen molar-refractivity contribution in [2.45, 2.75) is 46.0 Å². The zero-order chi connectivity index (χ0) is 14.6. The average molecular weight is 266 g/mol. The third-order valence-electron chi connectivity index (χ3n) is 2.96. The van der Waals surface area contributed by atoms with Gasteiger partial charge in [-0.2, -0.15) is 0 Å². The van der Waals surface area contributed by atoms with E-state index in [1.165, 1.54) is 13.0 Å². The number of carbonyl (C=O) groups is 2. The fourth-order valence-electron chi connectivity index (χ4n) is 1.74. The van der Waals surface area contributed by atoms with E-state index in [0.717, 1.165) is 0 Å². The van der Waals surface area contributed by atoms with E-state index in [0.29, 0.717) is 12.8 Å². The molecule has 0 radical (unpaired) electrons. The Morgan fingerprint density at radius 2 is 2.05 bits per heavy atom. The third-order valence-corrected chi connectivity index (χ3v) is 2.96. The molecule has 5 heteroatoms. The van der Waals surface area contributed by atoms with Gasteiger partial charge in [-0.1, -0.05) is 13.8 Å². The van der Waals surface area contributed by atoms with E-state index in [2.05, 4.69) is 0 Å². The molecule has 1 aromatic rings. The highest BCUT2D eigenvalue weighted by Crippen LogP contribution is 2.25. The Balaban J connectivity index is 3.04. The first-order valence-corrected chi connectivity index (χ1v) is 6.26. The van der Waals surface area contributed by atoms with Gasteiger partial charge in [0, 0.05) is 24.8 Å². The molecule has 0 spiro atoms. The summed E-state index contributed by atoms with van der Waals surface area (Å²) in [4.78, 5) is 34.1. The number of Topliss-reactive ketones (excluding diaryl/α,β-unsaturated/α-hetero) is 2. The topological polar surface area (TPSA) is 84.6 Å². The van der Waals surface area contributed by atoms with Gasteiger partial charge in [0.1, 0.15) is 22.9 Å². The molecular weight excluding hydrogens is 248 g/mol. The summed E-state index contributed by atoms with van der Waals surface area (Å²) >= 11 is 0. The molecule has 104 valence electrons. The van der Waals surface area contributed by atoms with Gasteiger partial charge in [0.15, 0.2) is 5.78 Å². The molecule has 1 aromatic heterocycles. The Bertz CT molecular complexity index is 541. The minimum Gasteiger partial charge on any atom is -0.507 e. The summed E-state index contributed by atoms with van der Waals surface area (Å²) in [7, 11) is 0. The van der Waals surface area contributed by atoms with E-state index in [9.17, 15) is 19.5 Å². The van der Waals surface area contributed by atoms with Crippen LogP contribution in [0.2, 0.25) is 0 Å². The second kappa shape index (κ2) is 6.31. The maximum Gasteiger partial charge on any atom is 0.350 e. The smallest absolute Gasteiger partial charge is 0.350 e.